The summed E-state index contributed by atoms with van der Waals surface area (Å²) in [7, 11) is 0. The third-order valence-corrected chi connectivity index (χ3v) is 6.48. The summed E-state index contributed by atoms with van der Waals surface area (Å²) in [5.74, 6) is 0.546. The molecular formula is C26H27FN2O3. The first kappa shape index (κ1) is 20.9. The number of rotatable bonds is 4. The maximum Gasteiger partial charge on any atom is 0.251 e. The van der Waals surface area contributed by atoms with Crippen LogP contribution in [0.3, 0.4) is 0 Å². The summed E-state index contributed by atoms with van der Waals surface area (Å²) >= 11 is 0. The Kier molecular flexibility index (Phi) is 5.79. The zero-order chi connectivity index (χ0) is 22.1. The molecule has 0 saturated carbocycles. The molecule has 0 N–H and O–H groups in total. The second kappa shape index (κ2) is 8.87. The Bertz CT molecular complexity index is 1110. The molecule has 3 aromatic rings. The standard InChI is InChI=1S/C26H27FN2O3/c1-17-21(11-8-19-4-2-13-28-25(17)19)18-6-9-20(10-7-18)32-23-12-14-29(16-22(23)27)26(30)24-5-3-15-31-24/h2,4,6-11,13,22-24H,3,5,12,14-16H2,1H3. The molecule has 6 heteroatoms. The number of pyridine rings is 1. The number of piperidine rings is 1. The average Bonchev–Trinajstić information content (AvgIpc) is 3.36. The summed E-state index contributed by atoms with van der Waals surface area (Å²) in [6, 6.07) is 15.9. The Balaban J connectivity index is 1.24. The number of ether oxygens (including phenoxy) is 2. The predicted molar refractivity (Wildman–Crippen MR) is 121 cm³/mol. The number of amides is 1. The number of aromatic nitrogens is 1. The van der Waals surface area contributed by atoms with Crippen molar-refractivity contribution in [1.29, 1.82) is 0 Å². The van der Waals surface area contributed by atoms with Crippen molar-refractivity contribution >= 4 is 16.8 Å². The SMILES string of the molecule is Cc1c(-c2ccc(OC3CCN(C(=O)C4CCCO4)CC3F)cc2)ccc2cccnc12. The Labute approximate surface area is 187 Å². The van der Waals surface area contributed by atoms with Gasteiger partial charge in [-0.05, 0) is 54.7 Å². The molecule has 3 heterocycles. The van der Waals surface area contributed by atoms with Crippen molar-refractivity contribution in [3.63, 3.8) is 0 Å². The number of carbonyl (C=O) groups is 1. The largest absolute Gasteiger partial charge is 0.487 e. The van der Waals surface area contributed by atoms with E-state index < -0.39 is 18.4 Å². The minimum Gasteiger partial charge on any atom is -0.487 e. The molecule has 3 unspecified atom stereocenters. The van der Waals surface area contributed by atoms with E-state index in [-0.39, 0.29) is 12.5 Å². The Morgan fingerprint density at radius 3 is 2.75 bits per heavy atom. The van der Waals surface area contributed by atoms with Crippen LogP contribution in [0.15, 0.2) is 54.7 Å². The van der Waals surface area contributed by atoms with Crippen LogP contribution in [0.1, 0.15) is 24.8 Å². The Hall–Kier alpha value is -2.99. The quantitative estimate of drug-likeness (QED) is 0.597. The number of hydrogen-bond acceptors (Lipinski definition) is 4. The van der Waals surface area contributed by atoms with E-state index in [1.807, 2.05) is 36.5 Å². The molecule has 2 fully saturated rings. The molecule has 5 rings (SSSR count). The van der Waals surface area contributed by atoms with Crippen molar-refractivity contribution in [2.45, 2.75) is 44.6 Å². The van der Waals surface area contributed by atoms with E-state index >= 15 is 0 Å². The van der Waals surface area contributed by atoms with Gasteiger partial charge in [-0.1, -0.05) is 30.3 Å². The van der Waals surface area contributed by atoms with Crippen LogP contribution in [0.5, 0.6) is 5.75 Å². The van der Waals surface area contributed by atoms with Crippen LogP contribution in [0, 0.1) is 6.92 Å². The number of likely N-dealkylation sites (tertiary alicyclic amines) is 1. The van der Waals surface area contributed by atoms with Gasteiger partial charge in [0.1, 0.15) is 18.0 Å². The van der Waals surface area contributed by atoms with Crippen molar-refractivity contribution in [1.82, 2.24) is 9.88 Å². The highest BCUT2D eigenvalue weighted by Crippen LogP contribution is 2.31. The topological polar surface area (TPSA) is 51.7 Å². The summed E-state index contributed by atoms with van der Waals surface area (Å²) < 4.78 is 26.2. The van der Waals surface area contributed by atoms with Crippen LogP contribution in [-0.4, -0.2) is 53.9 Å². The normalized spacial score (nSPS) is 23.4. The van der Waals surface area contributed by atoms with Gasteiger partial charge in [-0.2, -0.15) is 0 Å². The molecule has 1 amide bonds. The van der Waals surface area contributed by atoms with Crippen LogP contribution >= 0.6 is 0 Å². The molecule has 1 aromatic heterocycles. The van der Waals surface area contributed by atoms with Gasteiger partial charge in [0.2, 0.25) is 0 Å². The van der Waals surface area contributed by atoms with Crippen LogP contribution in [0.25, 0.3) is 22.0 Å². The van der Waals surface area contributed by atoms with Gasteiger partial charge in [-0.25, -0.2) is 4.39 Å². The smallest absolute Gasteiger partial charge is 0.251 e. The van der Waals surface area contributed by atoms with Crippen LogP contribution in [-0.2, 0) is 9.53 Å². The van der Waals surface area contributed by atoms with Crippen LogP contribution in [0.2, 0.25) is 0 Å². The Morgan fingerprint density at radius 2 is 2.00 bits per heavy atom. The fourth-order valence-corrected chi connectivity index (χ4v) is 4.68. The number of fused-ring (bicyclic) bond motifs is 1. The second-order valence-corrected chi connectivity index (χ2v) is 8.58. The number of halogens is 1. The lowest BCUT2D eigenvalue weighted by atomic mass is 9.98. The van der Waals surface area contributed by atoms with E-state index in [9.17, 15) is 9.18 Å². The summed E-state index contributed by atoms with van der Waals surface area (Å²) in [5, 5.41) is 1.12. The number of carbonyl (C=O) groups excluding carboxylic acids is 1. The van der Waals surface area contributed by atoms with Gasteiger partial charge in [0.15, 0.2) is 6.17 Å². The van der Waals surface area contributed by atoms with E-state index in [0.717, 1.165) is 40.4 Å². The molecule has 0 aliphatic carbocycles. The molecule has 0 spiro atoms. The number of aryl methyl sites for hydroxylation is 1. The molecule has 0 bridgehead atoms. The summed E-state index contributed by atoms with van der Waals surface area (Å²) in [6.45, 7) is 3.24. The highest BCUT2D eigenvalue weighted by atomic mass is 19.1. The van der Waals surface area contributed by atoms with Gasteiger partial charge >= 0.3 is 0 Å². The monoisotopic (exact) mass is 434 g/mol. The fourth-order valence-electron chi connectivity index (χ4n) is 4.68. The lowest BCUT2D eigenvalue weighted by Gasteiger charge is -2.35. The van der Waals surface area contributed by atoms with Crippen LogP contribution in [0.4, 0.5) is 4.39 Å². The van der Waals surface area contributed by atoms with E-state index in [4.69, 9.17) is 9.47 Å². The van der Waals surface area contributed by atoms with Crippen molar-refractivity contribution in [2.24, 2.45) is 0 Å². The van der Waals surface area contributed by atoms with E-state index in [1.54, 1.807) is 4.90 Å². The van der Waals surface area contributed by atoms with Crippen molar-refractivity contribution in [3.05, 3.63) is 60.3 Å². The molecule has 2 aliphatic heterocycles. The predicted octanol–water partition coefficient (Wildman–Crippen LogP) is 4.71. The zero-order valence-electron chi connectivity index (χ0n) is 18.2. The molecule has 0 radical (unpaired) electrons. The first-order chi connectivity index (χ1) is 15.6. The van der Waals surface area contributed by atoms with Crippen LogP contribution < -0.4 is 4.74 Å². The van der Waals surface area contributed by atoms with E-state index in [2.05, 4.69) is 30.1 Å². The maximum atomic E-state index is 14.8. The molecule has 166 valence electrons. The molecular weight excluding hydrogens is 407 g/mol. The average molecular weight is 435 g/mol. The number of hydrogen-bond donors (Lipinski definition) is 0. The fraction of sp³-hybridized carbons (Fsp3) is 0.385. The van der Waals surface area contributed by atoms with Gasteiger partial charge in [0.25, 0.3) is 5.91 Å². The third-order valence-electron chi connectivity index (χ3n) is 6.48. The van der Waals surface area contributed by atoms with Gasteiger partial charge < -0.3 is 14.4 Å². The molecule has 2 aromatic carbocycles. The van der Waals surface area contributed by atoms with Crippen molar-refractivity contribution < 1.29 is 18.7 Å². The maximum absolute atomic E-state index is 14.8. The molecule has 2 aliphatic rings. The van der Waals surface area contributed by atoms with Gasteiger partial charge in [0.05, 0.1) is 12.1 Å². The summed E-state index contributed by atoms with van der Waals surface area (Å²) in [4.78, 5) is 18.6. The van der Waals surface area contributed by atoms with Gasteiger partial charge in [-0.3, -0.25) is 9.78 Å². The number of benzene rings is 2. The van der Waals surface area contributed by atoms with E-state index in [0.29, 0.717) is 25.3 Å². The second-order valence-electron chi connectivity index (χ2n) is 8.58. The first-order valence-corrected chi connectivity index (χ1v) is 11.3. The summed E-state index contributed by atoms with van der Waals surface area (Å²) in [5.41, 5.74) is 4.31. The lowest BCUT2D eigenvalue weighted by molar-refractivity contribution is -0.144. The van der Waals surface area contributed by atoms with E-state index in [1.165, 1.54) is 0 Å². The molecule has 32 heavy (non-hydrogen) atoms. The Morgan fingerprint density at radius 1 is 1.16 bits per heavy atom. The molecule has 5 nitrogen and oxygen atoms in total. The lowest BCUT2D eigenvalue weighted by Crippen LogP contribution is -2.51. The minimum atomic E-state index is -1.22. The minimum absolute atomic E-state index is 0.0602. The van der Waals surface area contributed by atoms with Gasteiger partial charge in [-0.15, -0.1) is 0 Å². The highest BCUT2D eigenvalue weighted by Gasteiger charge is 2.36. The molecule has 2 saturated heterocycles. The van der Waals surface area contributed by atoms with Gasteiger partial charge in [0, 0.05) is 31.2 Å². The zero-order valence-corrected chi connectivity index (χ0v) is 18.2. The number of alkyl halides is 1. The first-order valence-electron chi connectivity index (χ1n) is 11.3. The van der Waals surface area contributed by atoms with Crippen molar-refractivity contribution in [3.8, 4) is 16.9 Å². The van der Waals surface area contributed by atoms with Crippen molar-refractivity contribution in [2.75, 3.05) is 19.7 Å². The third kappa shape index (κ3) is 4.07. The molecule has 3 atom stereocenters. The highest BCUT2D eigenvalue weighted by molar-refractivity contribution is 5.88. The number of nitrogens with zero attached hydrogens (tertiary/aromatic N) is 2. The summed E-state index contributed by atoms with van der Waals surface area (Å²) in [6.07, 6.45) is 1.72.